The lowest BCUT2D eigenvalue weighted by atomic mass is 9.99. The van der Waals surface area contributed by atoms with Crippen molar-refractivity contribution in [3.05, 3.63) is 71.3 Å². The lowest BCUT2D eigenvalue weighted by Crippen LogP contribution is -2.05. The third-order valence-corrected chi connectivity index (χ3v) is 4.60. The van der Waals surface area contributed by atoms with E-state index < -0.39 is 5.97 Å². The van der Waals surface area contributed by atoms with E-state index in [0.717, 1.165) is 42.6 Å². The van der Waals surface area contributed by atoms with Gasteiger partial charge in [-0.25, -0.2) is 14.5 Å². The van der Waals surface area contributed by atoms with Crippen molar-refractivity contribution in [2.45, 2.75) is 46.1 Å². The molecule has 1 aromatic heterocycles. The number of carboxylic acids is 1. The van der Waals surface area contributed by atoms with E-state index in [0.29, 0.717) is 23.5 Å². The van der Waals surface area contributed by atoms with Gasteiger partial charge in [0.15, 0.2) is 5.82 Å². The molecular formula is C24H25N3O2. The van der Waals surface area contributed by atoms with Crippen molar-refractivity contribution in [1.29, 1.82) is 0 Å². The zero-order chi connectivity index (χ0) is 20.6. The van der Waals surface area contributed by atoms with Crippen LogP contribution in [-0.4, -0.2) is 25.8 Å². The SMILES string of the molecule is CCC#Cc1nc(CCCC)nn1Cc1ccc(-c2ccccc2C(=O)O)cc1. The standard InChI is InChI=1S/C24H25N3O2/c1-3-5-11-22-25-23(12-6-4-2)27(26-22)17-18-13-15-19(16-14-18)20-9-7-8-10-21(20)24(28)29/h7-10,13-16H,3-5,11,17H2,1-2H3,(H,28,29). The minimum Gasteiger partial charge on any atom is -0.478 e. The molecular weight excluding hydrogens is 362 g/mol. The second kappa shape index (κ2) is 9.70. The molecule has 0 saturated carbocycles. The van der Waals surface area contributed by atoms with Gasteiger partial charge in [0.05, 0.1) is 12.1 Å². The Balaban J connectivity index is 1.85. The zero-order valence-electron chi connectivity index (χ0n) is 16.9. The molecule has 3 aromatic rings. The summed E-state index contributed by atoms with van der Waals surface area (Å²) in [5.74, 6) is 6.79. The molecule has 0 aliphatic heterocycles. The topological polar surface area (TPSA) is 68.0 Å². The molecule has 1 N–H and O–H groups in total. The molecule has 0 aliphatic carbocycles. The van der Waals surface area contributed by atoms with Gasteiger partial charge in [0.2, 0.25) is 5.82 Å². The first kappa shape index (κ1) is 20.3. The summed E-state index contributed by atoms with van der Waals surface area (Å²) in [5.41, 5.74) is 2.95. The number of aryl methyl sites for hydroxylation is 1. The summed E-state index contributed by atoms with van der Waals surface area (Å²) in [6, 6.07) is 14.9. The molecule has 5 nitrogen and oxygen atoms in total. The van der Waals surface area contributed by atoms with Crippen LogP contribution >= 0.6 is 0 Å². The zero-order valence-corrected chi connectivity index (χ0v) is 16.9. The number of nitrogens with zero attached hydrogens (tertiary/aromatic N) is 3. The number of unbranched alkanes of at least 4 members (excludes halogenated alkanes) is 1. The summed E-state index contributed by atoms with van der Waals surface area (Å²) in [5, 5.41) is 14.0. The van der Waals surface area contributed by atoms with E-state index in [1.807, 2.05) is 48.0 Å². The van der Waals surface area contributed by atoms with Crippen LogP contribution in [0, 0.1) is 11.8 Å². The monoisotopic (exact) mass is 387 g/mol. The highest BCUT2D eigenvalue weighted by atomic mass is 16.4. The number of carbonyl (C=O) groups is 1. The first-order valence-electron chi connectivity index (χ1n) is 9.96. The molecule has 0 bridgehead atoms. The fraction of sp³-hybridized carbons (Fsp3) is 0.292. The Labute approximate surface area is 171 Å². The molecule has 0 saturated heterocycles. The lowest BCUT2D eigenvalue weighted by Gasteiger charge is -2.08. The maximum atomic E-state index is 11.5. The first-order chi connectivity index (χ1) is 14.1. The number of benzene rings is 2. The van der Waals surface area contributed by atoms with Gasteiger partial charge in [-0.1, -0.05) is 68.7 Å². The third-order valence-electron chi connectivity index (χ3n) is 4.60. The molecule has 0 radical (unpaired) electrons. The Morgan fingerprint density at radius 1 is 1.10 bits per heavy atom. The quantitative estimate of drug-likeness (QED) is 0.592. The highest BCUT2D eigenvalue weighted by molar-refractivity contribution is 5.95. The summed E-state index contributed by atoms with van der Waals surface area (Å²) in [6.07, 6.45) is 3.79. The number of hydrogen-bond donors (Lipinski definition) is 1. The van der Waals surface area contributed by atoms with Crippen molar-refractivity contribution in [1.82, 2.24) is 14.8 Å². The average Bonchev–Trinajstić information content (AvgIpc) is 3.12. The Morgan fingerprint density at radius 3 is 2.55 bits per heavy atom. The molecule has 29 heavy (non-hydrogen) atoms. The largest absolute Gasteiger partial charge is 0.478 e. The van der Waals surface area contributed by atoms with Gasteiger partial charge in [-0.3, -0.25) is 0 Å². The molecule has 3 rings (SSSR count). The maximum absolute atomic E-state index is 11.5. The van der Waals surface area contributed by atoms with E-state index in [9.17, 15) is 9.90 Å². The minimum atomic E-state index is -0.925. The molecule has 0 fully saturated rings. The molecule has 148 valence electrons. The molecule has 0 unspecified atom stereocenters. The number of aromatic nitrogens is 3. The van der Waals surface area contributed by atoms with Crippen LogP contribution in [0.4, 0.5) is 0 Å². The van der Waals surface area contributed by atoms with Gasteiger partial charge in [0.1, 0.15) is 0 Å². The number of aromatic carboxylic acids is 1. The van der Waals surface area contributed by atoms with Gasteiger partial charge in [0, 0.05) is 12.8 Å². The van der Waals surface area contributed by atoms with E-state index >= 15 is 0 Å². The molecule has 2 aromatic carbocycles. The molecule has 1 heterocycles. The van der Waals surface area contributed by atoms with Crippen LogP contribution in [0.15, 0.2) is 48.5 Å². The van der Waals surface area contributed by atoms with Gasteiger partial charge < -0.3 is 5.11 Å². The van der Waals surface area contributed by atoms with Gasteiger partial charge in [-0.15, -0.1) is 0 Å². The van der Waals surface area contributed by atoms with Crippen LogP contribution in [-0.2, 0) is 13.0 Å². The van der Waals surface area contributed by atoms with Crippen molar-refractivity contribution < 1.29 is 9.90 Å². The third kappa shape index (κ3) is 5.11. The normalized spacial score (nSPS) is 10.4. The summed E-state index contributed by atoms with van der Waals surface area (Å²) in [6.45, 7) is 4.74. The summed E-state index contributed by atoms with van der Waals surface area (Å²) < 4.78 is 1.86. The van der Waals surface area contributed by atoms with Crippen LogP contribution < -0.4 is 0 Å². The minimum absolute atomic E-state index is 0.300. The Bertz CT molecular complexity index is 1040. The molecule has 0 amide bonds. The Hall–Kier alpha value is -3.39. The highest BCUT2D eigenvalue weighted by Gasteiger charge is 2.12. The highest BCUT2D eigenvalue weighted by Crippen LogP contribution is 2.24. The van der Waals surface area contributed by atoms with E-state index in [-0.39, 0.29) is 0 Å². The van der Waals surface area contributed by atoms with Crippen LogP contribution in [0.5, 0.6) is 0 Å². The van der Waals surface area contributed by atoms with Gasteiger partial charge >= 0.3 is 5.97 Å². The number of rotatable bonds is 7. The predicted molar refractivity (Wildman–Crippen MR) is 114 cm³/mol. The van der Waals surface area contributed by atoms with E-state index in [1.165, 1.54) is 0 Å². The maximum Gasteiger partial charge on any atom is 0.336 e. The molecule has 0 spiro atoms. The van der Waals surface area contributed by atoms with Crippen molar-refractivity contribution in [2.24, 2.45) is 0 Å². The fourth-order valence-corrected chi connectivity index (χ4v) is 3.08. The average molecular weight is 387 g/mol. The van der Waals surface area contributed by atoms with Gasteiger partial charge in [0.25, 0.3) is 0 Å². The van der Waals surface area contributed by atoms with Crippen LogP contribution in [0.3, 0.4) is 0 Å². The van der Waals surface area contributed by atoms with Crippen molar-refractivity contribution >= 4 is 5.97 Å². The van der Waals surface area contributed by atoms with E-state index in [1.54, 1.807) is 12.1 Å². The van der Waals surface area contributed by atoms with Crippen molar-refractivity contribution in [3.63, 3.8) is 0 Å². The van der Waals surface area contributed by atoms with Crippen LogP contribution in [0.1, 0.15) is 60.7 Å². The van der Waals surface area contributed by atoms with Crippen molar-refractivity contribution in [3.8, 4) is 23.0 Å². The lowest BCUT2D eigenvalue weighted by molar-refractivity contribution is 0.0697. The summed E-state index contributed by atoms with van der Waals surface area (Å²) in [7, 11) is 0. The predicted octanol–water partition coefficient (Wildman–Crippen LogP) is 4.80. The fourth-order valence-electron chi connectivity index (χ4n) is 3.08. The molecule has 0 aliphatic rings. The van der Waals surface area contributed by atoms with Crippen LogP contribution in [0.25, 0.3) is 11.1 Å². The first-order valence-corrected chi connectivity index (χ1v) is 9.96. The van der Waals surface area contributed by atoms with E-state index in [2.05, 4.69) is 28.8 Å². The van der Waals surface area contributed by atoms with Gasteiger partial charge in [-0.05, 0) is 35.1 Å². The number of carboxylic acid groups (broad SMARTS) is 1. The van der Waals surface area contributed by atoms with E-state index in [4.69, 9.17) is 0 Å². The van der Waals surface area contributed by atoms with Gasteiger partial charge in [-0.2, -0.15) is 5.10 Å². The summed E-state index contributed by atoms with van der Waals surface area (Å²) in [4.78, 5) is 16.1. The Morgan fingerprint density at radius 2 is 1.86 bits per heavy atom. The molecule has 5 heteroatoms. The number of hydrogen-bond acceptors (Lipinski definition) is 3. The van der Waals surface area contributed by atoms with Crippen LogP contribution in [0.2, 0.25) is 0 Å². The molecule has 0 atom stereocenters. The smallest absolute Gasteiger partial charge is 0.336 e. The van der Waals surface area contributed by atoms with Crippen molar-refractivity contribution in [2.75, 3.05) is 0 Å². The second-order valence-electron chi connectivity index (χ2n) is 6.82. The second-order valence-corrected chi connectivity index (χ2v) is 6.82. The Kier molecular flexibility index (Phi) is 6.80. The summed E-state index contributed by atoms with van der Waals surface area (Å²) >= 11 is 0.